The second-order valence-electron chi connectivity index (χ2n) is 5.70. The van der Waals surface area contributed by atoms with Gasteiger partial charge in [0.15, 0.2) is 9.84 Å². The normalized spacial score (nSPS) is 22.2. The Hall–Kier alpha value is 0.390. The highest BCUT2D eigenvalue weighted by Gasteiger charge is 2.30. The highest BCUT2D eigenvalue weighted by molar-refractivity contribution is 9.09. The molecule has 1 rings (SSSR count). The van der Waals surface area contributed by atoms with Crippen LogP contribution in [0.15, 0.2) is 0 Å². The topological polar surface area (TPSA) is 37.4 Å². The Balaban J connectivity index is 1.97. The van der Waals surface area contributed by atoms with Gasteiger partial charge in [-0.3, -0.25) is 0 Å². The molecule has 0 spiro atoms. The number of unbranched alkanes of at least 4 members (excludes halogenated alkanes) is 6. The summed E-state index contributed by atoms with van der Waals surface area (Å²) in [7, 11) is -0.663. The SMILES string of the molecule is CN(CCCCCCCCCBr)C1CCS(=O)(=O)C1. The summed E-state index contributed by atoms with van der Waals surface area (Å²) in [5, 5.41) is 1.13. The van der Waals surface area contributed by atoms with Crippen molar-refractivity contribution in [3.05, 3.63) is 0 Å². The van der Waals surface area contributed by atoms with Gasteiger partial charge in [-0.15, -0.1) is 0 Å². The first-order chi connectivity index (χ1) is 9.05. The molecule has 5 heteroatoms. The second-order valence-corrected chi connectivity index (χ2v) is 8.72. The lowest BCUT2D eigenvalue weighted by atomic mass is 10.1. The van der Waals surface area contributed by atoms with E-state index < -0.39 is 9.84 Å². The lowest BCUT2D eigenvalue weighted by molar-refractivity contribution is 0.256. The molecule has 19 heavy (non-hydrogen) atoms. The van der Waals surface area contributed by atoms with Gasteiger partial charge < -0.3 is 4.90 Å². The Labute approximate surface area is 127 Å². The number of hydrogen-bond donors (Lipinski definition) is 0. The van der Waals surface area contributed by atoms with Crippen LogP contribution in [0.5, 0.6) is 0 Å². The van der Waals surface area contributed by atoms with Gasteiger partial charge in [0.25, 0.3) is 0 Å². The van der Waals surface area contributed by atoms with Gasteiger partial charge in [0.1, 0.15) is 0 Å². The second kappa shape index (κ2) is 9.35. The Morgan fingerprint density at radius 2 is 1.63 bits per heavy atom. The predicted molar refractivity (Wildman–Crippen MR) is 85.8 cm³/mol. The number of halogens is 1. The van der Waals surface area contributed by atoms with E-state index in [0.29, 0.717) is 11.5 Å². The third-order valence-electron chi connectivity index (χ3n) is 3.98. The molecule has 114 valence electrons. The molecule has 1 heterocycles. The van der Waals surface area contributed by atoms with Crippen molar-refractivity contribution < 1.29 is 8.42 Å². The van der Waals surface area contributed by atoms with E-state index >= 15 is 0 Å². The van der Waals surface area contributed by atoms with E-state index in [-0.39, 0.29) is 6.04 Å². The fourth-order valence-corrected chi connectivity index (χ4v) is 4.85. The Bertz CT molecular complexity index is 332. The number of nitrogens with zero attached hydrogens (tertiary/aromatic N) is 1. The van der Waals surface area contributed by atoms with Crippen molar-refractivity contribution in [2.75, 3.05) is 30.4 Å². The summed E-state index contributed by atoms with van der Waals surface area (Å²) in [6, 6.07) is 0.268. The lowest BCUT2D eigenvalue weighted by Gasteiger charge is -2.22. The third-order valence-corrected chi connectivity index (χ3v) is 6.29. The zero-order valence-electron chi connectivity index (χ0n) is 12.1. The predicted octanol–water partition coefficient (Wildman–Crippen LogP) is 3.23. The molecule has 1 saturated heterocycles. The first kappa shape index (κ1) is 17.4. The summed E-state index contributed by atoms with van der Waals surface area (Å²) in [6.45, 7) is 1.04. The highest BCUT2D eigenvalue weighted by atomic mass is 79.9. The largest absolute Gasteiger partial charge is 0.302 e. The fourth-order valence-electron chi connectivity index (χ4n) is 2.65. The summed E-state index contributed by atoms with van der Waals surface area (Å²) < 4.78 is 22.8. The first-order valence-electron chi connectivity index (χ1n) is 7.52. The minimum Gasteiger partial charge on any atom is -0.302 e. The highest BCUT2D eigenvalue weighted by Crippen LogP contribution is 2.17. The van der Waals surface area contributed by atoms with Gasteiger partial charge >= 0.3 is 0 Å². The van der Waals surface area contributed by atoms with E-state index in [2.05, 4.69) is 27.9 Å². The summed E-state index contributed by atoms with van der Waals surface area (Å²) >= 11 is 3.45. The summed E-state index contributed by atoms with van der Waals surface area (Å²) in [4.78, 5) is 2.25. The summed E-state index contributed by atoms with van der Waals surface area (Å²) in [5.74, 6) is 0.756. The maximum Gasteiger partial charge on any atom is 0.151 e. The molecule has 0 aromatic heterocycles. The average Bonchev–Trinajstić information content (AvgIpc) is 2.73. The van der Waals surface area contributed by atoms with Crippen molar-refractivity contribution in [3.8, 4) is 0 Å². The van der Waals surface area contributed by atoms with Crippen molar-refractivity contribution in [1.29, 1.82) is 0 Å². The minimum atomic E-state index is -2.73. The van der Waals surface area contributed by atoms with Gasteiger partial charge in [0.2, 0.25) is 0 Å². The van der Waals surface area contributed by atoms with E-state index in [0.717, 1.165) is 18.3 Å². The first-order valence-corrected chi connectivity index (χ1v) is 10.5. The number of rotatable bonds is 10. The molecule has 1 aliphatic rings. The van der Waals surface area contributed by atoms with Crippen molar-refractivity contribution >= 4 is 25.8 Å². The molecular formula is C14H28BrNO2S. The van der Waals surface area contributed by atoms with Crippen LogP contribution in [0.3, 0.4) is 0 Å². The van der Waals surface area contributed by atoms with Crippen LogP contribution in [0.1, 0.15) is 51.4 Å². The van der Waals surface area contributed by atoms with Crippen LogP contribution >= 0.6 is 15.9 Å². The van der Waals surface area contributed by atoms with E-state index in [9.17, 15) is 8.42 Å². The van der Waals surface area contributed by atoms with Crippen LogP contribution in [0.25, 0.3) is 0 Å². The van der Waals surface area contributed by atoms with Crippen LogP contribution < -0.4 is 0 Å². The standard InChI is InChI=1S/C14H28BrNO2S/c1-16(14-9-12-19(17,18)13-14)11-8-6-4-2-3-5-7-10-15/h14H,2-13H2,1H3. The zero-order chi connectivity index (χ0) is 14.1. The molecule has 1 fully saturated rings. The molecule has 3 nitrogen and oxygen atoms in total. The minimum absolute atomic E-state index is 0.268. The molecule has 1 atom stereocenters. The van der Waals surface area contributed by atoms with Gasteiger partial charge in [-0.25, -0.2) is 8.42 Å². The molecule has 0 aromatic carbocycles. The quantitative estimate of drug-likeness (QED) is 0.447. The number of alkyl halides is 1. The molecule has 0 bridgehead atoms. The molecule has 0 aromatic rings. The number of hydrogen-bond acceptors (Lipinski definition) is 3. The van der Waals surface area contributed by atoms with E-state index in [1.807, 2.05) is 0 Å². The van der Waals surface area contributed by atoms with Gasteiger partial charge in [-0.1, -0.05) is 48.0 Å². The molecule has 0 amide bonds. The number of sulfone groups is 1. The Morgan fingerprint density at radius 3 is 2.16 bits per heavy atom. The average molecular weight is 354 g/mol. The van der Waals surface area contributed by atoms with E-state index in [1.165, 1.54) is 44.9 Å². The van der Waals surface area contributed by atoms with Crippen LogP contribution in [-0.4, -0.2) is 49.8 Å². The van der Waals surface area contributed by atoms with Crippen LogP contribution in [0.4, 0.5) is 0 Å². The lowest BCUT2D eigenvalue weighted by Crippen LogP contribution is -2.33. The van der Waals surface area contributed by atoms with E-state index in [1.54, 1.807) is 0 Å². The zero-order valence-corrected chi connectivity index (χ0v) is 14.5. The van der Waals surface area contributed by atoms with Crippen molar-refractivity contribution in [1.82, 2.24) is 4.90 Å². The van der Waals surface area contributed by atoms with Crippen molar-refractivity contribution in [2.45, 2.75) is 57.4 Å². The smallest absolute Gasteiger partial charge is 0.151 e. The third kappa shape index (κ3) is 7.66. The van der Waals surface area contributed by atoms with Crippen LogP contribution in [0.2, 0.25) is 0 Å². The van der Waals surface area contributed by atoms with Crippen LogP contribution in [-0.2, 0) is 9.84 Å². The Morgan fingerprint density at radius 1 is 1.05 bits per heavy atom. The summed E-state index contributed by atoms with van der Waals surface area (Å²) in [5.41, 5.74) is 0. The van der Waals surface area contributed by atoms with E-state index in [4.69, 9.17) is 0 Å². The molecule has 0 N–H and O–H groups in total. The fraction of sp³-hybridized carbons (Fsp3) is 1.00. The van der Waals surface area contributed by atoms with Gasteiger partial charge in [-0.05, 0) is 32.9 Å². The van der Waals surface area contributed by atoms with Gasteiger partial charge in [0, 0.05) is 11.4 Å². The maximum absolute atomic E-state index is 11.4. The molecule has 1 unspecified atom stereocenters. The molecule has 0 aliphatic carbocycles. The van der Waals surface area contributed by atoms with Gasteiger partial charge in [0.05, 0.1) is 11.5 Å². The molecule has 0 saturated carbocycles. The van der Waals surface area contributed by atoms with Crippen molar-refractivity contribution in [2.24, 2.45) is 0 Å². The monoisotopic (exact) mass is 353 g/mol. The molecular weight excluding hydrogens is 326 g/mol. The summed E-state index contributed by atoms with van der Waals surface area (Å²) in [6.07, 6.45) is 9.94. The van der Waals surface area contributed by atoms with Gasteiger partial charge in [-0.2, -0.15) is 0 Å². The van der Waals surface area contributed by atoms with Crippen molar-refractivity contribution in [3.63, 3.8) is 0 Å². The molecule has 0 radical (unpaired) electrons. The maximum atomic E-state index is 11.4. The molecule has 1 aliphatic heterocycles. The van der Waals surface area contributed by atoms with Crippen LogP contribution in [0, 0.1) is 0 Å². The Kier molecular flexibility index (Phi) is 8.58.